The maximum absolute atomic E-state index is 10.6. The van der Waals surface area contributed by atoms with E-state index in [0.29, 0.717) is 7.48 Å². The van der Waals surface area contributed by atoms with Crippen LogP contribution in [-0.4, -0.2) is 28.8 Å². The van der Waals surface area contributed by atoms with E-state index in [4.69, 9.17) is 9.64 Å². The van der Waals surface area contributed by atoms with Gasteiger partial charge in [0.05, 0.1) is 11.2 Å². The molecule has 1 N–H and O–H groups in total. The second-order valence-electron chi connectivity index (χ2n) is 11.7. The summed E-state index contributed by atoms with van der Waals surface area (Å²) >= 11 is 1.78. The van der Waals surface area contributed by atoms with Gasteiger partial charge >= 0.3 is 7.48 Å². The number of nitrogens with zero attached hydrogens (tertiary/aromatic N) is 1. The molecular formula is C35H30BNO2S. The third-order valence-electron chi connectivity index (χ3n) is 8.58. The Hall–Kier alpha value is -3.77. The van der Waals surface area contributed by atoms with Crippen molar-refractivity contribution in [2.75, 3.05) is 0 Å². The number of pyridine rings is 1. The maximum Gasteiger partial charge on any atom is 0.330 e. The van der Waals surface area contributed by atoms with Gasteiger partial charge in [-0.3, -0.25) is 4.98 Å². The van der Waals surface area contributed by atoms with Crippen LogP contribution in [0.2, 0.25) is 0 Å². The summed E-state index contributed by atoms with van der Waals surface area (Å²) in [4.78, 5) is 4.72. The van der Waals surface area contributed by atoms with E-state index in [1.807, 2.05) is 20.0 Å². The van der Waals surface area contributed by atoms with Crippen molar-refractivity contribution in [3.8, 4) is 11.1 Å². The van der Waals surface area contributed by atoms with Crippen LogP contribution in [0.1, 0.15) is 27.7 Å². The van der Waals surface area contributed by atoms with Gasteiger partial charge < -0.3 is 9.76 Å². The first-order valence-electron chi connectivity index (χ1n) is 13.7. The van der Waals surface area contributed by atoms with E-state index >= 15 is 0 Å². The first-order chi connectivity index (χ1) is 19.2. The molecule has 5 aromatic carbocycles. The highest BCUT2D eigenvalue weighted by molar-refractivity contribution is 7.26. The number of benzene rings is 5. The summed E-state index contributed by atoms with van der Waals surface area (Å²) in [6.07, 6.45) is 1.85. The number of aromatic nitrogens is 1. The predicted octanol–water partition coefficient (Wildman–Crippen LogP) is 8.12. The zero-order valence-electron chi connectivity index (χ0n) is 23.2. The Morgan fingerprint density at radius 3 is 1.82 bits per heavy atom. The minimum Gasteiger partial charge on any atom is -0.425 e. The molecule has 2 aromatic heterocycles. The lowest BCUT2D eigenvalue weighted by atomic mass is 9.83. The van der Waals surface area contributed by atoms with E-state index in [-0.39, 0.29) is 0 Å². The van der Waals surface area contributed by atoms with Crippen LogP contribution < -0.4 is 5.59 Å². The number of fused-ring (bicyclic) bond motifs is 9. The molecule has 7 rings (SSSR count). The highest BCUT2D eigenvalue weighted by Gasteiger charge is 2.36. The largest absolute Gasteiger partial charge is 0.425 e. The zero-order chi connectivity index (χ0) is 27.6. The number of thiophene rings is 1. The molecule has 0 aliphatic heterocycles. The van der Waals surface area contributed by atoms with Gasteiger partial charge in [-0.25, -0.2) is 0 Å². The van der Waals surface area contributed by atoms with E-state index in [9.17, 15) is 5.11 Å². The topological polar surface area (TPSA) is 42.4 Å². The third-order valence-corrected chi connectivity index (χ3v) is 9.72. The number of aliphatic hydroxyl groups is 1. The van der Waals surface area contributed by atoms with E-state index in [0.717, 1.165) is 11.0 Å². The van der Waals surface area contributed by atoms with Crippen LogP contribution in [0.3, 0.4) is 0 Å². The Balaban J connectivity index is 1.38. The molecule has 0 saturated carbocycles. The highest BCUT2D eigenvalue weighted by atomic mass is 32.1. The summed E-state index contributed by atoms with van der Waals surface area (Å²) in [6.45, 7) is 7.40. The Morgan fingerprint density at radius 1 is 0.650 bits per heavy atom. The Labute approximate surface area is 238 Å². The van der Waals surface area contributed by atoms with Crippen LogP contribution >= 0.6 is 11.3 Å². The van der Waals surface area contributed by atoms with E-state index in [1.165, 1.54) is 58.2 Å². The van der Waals surface area contributed by atoms with Gasteiger partial charge in [0.15, 0.2) is 0 Å². The molecule has 0 amide bonds. The van der Waals surface area contributed by atoms with E-state index < -0.39 is 11.2 Å². The third kappa shape index (κ3) is 4.00. The molecule has 7 aromatic rings. The molecule has 0 aliphatic carbocycles. The molecule has 40 heavy (non-hydrogen) atoms. The van der Waals surface area contributed by atoms with Crippen molar-refractivity contribution in [2.45, 2.75) is 38.9 Å². The monoisotopic (exact) mass is 539 g/mol. The molecule has 0 unspecified atom stereocenters. The number of hydrogen-bond acceptors (Lipinski definition) is 4. The molecular weight excluding hydrogens is 509 g/mol. The SMILES string of the molecule is CC(C)(O)C(C)(C)OBc1nccc2sc3ccc(-c4ccc5c6ccccc6c6ccccc6c5c4)cc3c12. The first kappa shape index (κ1) is 25.2. The van der Waals surface area contributed by atoms with Crippen molar-refractivity contribution in [3.63, 3.8) is 0 Å². The molecule has 0 atom stereocenters. The van der Waals surface area contributed by atoms with Gasteiger partial charge in [-0.2, -0.15) is 0 Å². The van der Waals surface area contributed by atoms with Crippen LogP contribution in [0.25, 0.3) is 63.6 Å². The average molecular weight is 540 g/mol. The standard InChI is InChI=1S/C35H30BNO2S/c1-34(2,38)35(3,4)39-36-33-32-29-20-22(14-16-30(29)40-31(32)17-18-37-33)21-13-15-27-25-11-6-5-9-23(25)24-10-7-8-12-26(24)28(27)19-21/h5-20,36,38H,1-4H3. The van der Waals surface area contributed by atoms with Gasteiger partial charge in [-0.05, 0) is 95.4 Å². The molecule has 0 bridgehead atoms. The minimum absolute atomic E-state index is 0.333. The fraction of sp³-hybridized carbons (Fsp3) is 0.171. The summed E-state index contributed by atoms with van der Waals surface area (Å²) in [5.74, 6) is 0. The zero-order valence-corrected chi connectivity index (χ0v) is 24.0. The lowest BCUT2D eigenvalue weighted by Crippen LogP contribution is -2.49. The first-order valence-corrected chi connectivity index (χ1v) is 14.5. The quantitative estimate of drug-likeness (QED) is 0.177. The van der Waals surface area contributed by atoms with Gasteiger partial charge in [-0.1, -0.05) is 66.7 Å². The lowest BCUT2D eigenvalue weighted by Gasteiger charge is -2.37. The smallest absolute Gasteiger partial charge is 0.330 e. The molecule has 3 nitrogen and oxygen atoms in total. The maximum atomic E-state index is 10.6. The number of rotatable bonds is 5. The van der Waals surface area contributed by atoms with Gasteiger partial charge in [0.25, 0.3) is 0 Å². The van der Waals surface area contributed by atoms with E-state index in [1.54, 1.807) is 25.2 Å². The molecule has 2 heterocycles. The second kappa shape index (κ2) is 9.14. The predicted molar refractivity (Wildman–Crippen MR) is 173 cm³/mol. The molecule has 0 fully saturated rings. The fourth-order valence-corrected chi connectivity index (χ4v) is 6.70. The van der Waals surface area contributed by atoms with E-state index in [2.05, 4.69) is 91.0 Å². The summed E-state index contributed by atoms with van der Waals surface area (Å²) in [5, 5.41) is 20.6. The Kier molecular flexibility index (Phi) is 5.76. The van der Waals surface area contributed by atoms with Crippen LogP contribution in [0, 0.1) is 0 Å². The lowest BCUT2D eigenvalue weighted by molar-refractivity contribution is -0.0893. The van der Waals surface area contributed by atoms with Crippen molar-refractivity contribution >= 4 is 76.9 Å². The van der Waals surface area contributed by atoms with Crippen molar-refractivity contribution in [3.05, 3.63) is 97.2 Å². The molecule has 0 radical (unpaired) electrons. The van der Waals surface area contributed by atoms with Crippen LogP contribution in [-0.2, 0) is 4.65 Å². The Bertz CT molecular complexity index is 2050. The minimum atomic E-state index is -0.976. The van der Waals surface area contributed by atoms with Crippen LogP contribution in [0.5, 0.6) is 0 Å². The van der Waals surface area contributed by atoms with Crippen molar-refractivity contribution < 1.29 is 9.76 Å². The molecule has 0 saturated heterocycles. The van der Waals surface area contributed by atoms with Gasteiger partial charge in [0, 0.05) is 32.0 Å². The van der Waals surface area contributed by atoms with Crippen LogP contribution in [0.4, 0.5) is 0 Å². The summed E-state index contributed by atoms with van der Waals surface area (Å²) in [6, 6.07) is 33.1. The molecule has 0 aliphatic rings. The normalized spacial score (nSPS) is 12.7. The van der Waals surface area contributed by atoms with Crippen molar-refractivity contribution in [1.29, 1.82) is 0 Å². The Morgan fingerprint density at radius 2 is 1.20 bits per heavy atom. The highest BCUT2D eigenvalue weighted by Crippen LogP contribution is 2.39. The van der Waals surface area contributed by atoms with Gasteiger partial charge in [0.1, 0.15) is 0 Å². The van der Waals surface area contributed by atoms with Gasteiger partial charge in [-0.15, -0.1) is 11.3 Å². The van der Waals surface area contributed by atoms with Crippen LogP contribution in [0.15, 0.2) is 97.2 Å². The molecule has 5 heteroatoms. The van der Waals surface area contributed by atoms with Crippen molar-refractivity contribution in [1.82, 2.24) is 4.98 Å². The van der Waals surface area contributed by atoms with Crippen molar-refractivity contribution in [2.24, 2.45) is 0 Å². The van der Waals surface area contributed by atoms with Gasteiger partial charge in [0.2, 0.25) is 0 Å². The second-order valence-corrected chi connectivity index (χ2v) is 12.7. The summed E-state index contributed by atoms with van der Waals surface area (Å²) < 4.78 is 8.66. The summed E-state index contributed by atoms with van der Waals surface area (Å²) in [5.41, 5.74) is 1.58. The summed E-state index contributed by atoms with van der Waals surface area (Å²) in [7, 11) is 0.333. The molecule has 0 spiro atoms. The fourth-order valence-electron chi connectivity index (χ4n) is 5.59. The average Bonchev–Trinajstić information content (AvgIpc) is 3.34. The molecule has 196 valence electrons. The number of hydrogen-bond donors (Lipinski definition) is 1.